The Labute approximate surface area is 160 Å². The van der Waals surface area contributed by atoms with E-state index in [4.69, 9.17) is 32.4 Å². The number of rotatable bonds is 4. The topological polar surface area (TPSA) is 80.6 Å². The van der Waals surface area contributed by atoms with Gasteiger partial charge in [0.25, 0.3) is 0 Å². The number of esters is 1. The highest BCUT2D eigenvalue weighted by Crippen LogP contribution is 2.35. The van der Waals surface area contributed by atoms with E-state index in [1.165, 1.54) is 0 Å². The van der Waals surface area contributed by atoms with E-state index < -0.39 is 18.0 Å². The van der Waals surface area contributed by atoms with Crippen LogP contribution >= 0.6 is 23.2 Å². The summed E-state index contributed by atoms with van der Waals surface area (Å²) in [5, 5.41) is 6.21. The van der Waals surface area contributed by atoms with Crippen LogP contribution in [0.15, 0.2) is 46.0 Å². The molecule has 2 amide bonds. The molecule has 2 aromatic rings. The van der Waals surface area contributed by atoms with Crippen LogP contribution in [-0.2, 0) is 9.53 Å². The first-order valence-electron chi connectivity index (χ1n) is 7.91. The zero-order chi connectivity index (χ0) is 18.8. The predicted molar refractivity (Wildman–Crippen MR) is 97.9 cm³/mol. The highest BCUT2D eigenvalue weighted by molar-refractivity contribution is 6.36. The zero-order valence-electron chi connectivity index (χ0n) is 14.1. The van der Waals surface area contributed by atoms with Gasteiger partial charge >= 0.3 is 12.0 Å². The van der Waals surface area contributed by atoms with E-state index in [-0.39, 0.29) is 12.2 Å². The molecule has 1 aliphatic heterocycles. The lowest BCUT2D eigenvalue weighted by atomic mass is 10.0. The van der Waals surface area contributed by atoms with Crippen molar-refractivity contribution in [2.24, 2.45) is 0 Å². The van der Waals surface area contributed by atoms with Gasteiger partial charge in [0.2, 0.25) is 0 Å². The SMILES string of the molecule is CCOC(=O)C1=C(C)NC(=O)NC1c1ccc(-c2ccc(Cl)cc2Cl)o1. The molecular weight excluding hydrogens is 379 g/mol. The van der Waals surface area contributed by atoms with E-state index in [0.29, 0.717) is 32.8 Å². The second kappa shape index (κ2) is 7.43. The van der Waals surface area contributed by atoms with Gasteiger partial charge in [-0.05, 0) is 44.2 Å². The Hall–Kier alpha value is -2.44. The van der Waals surface area contributed by atoms with Crippen LogP contribution in [0.3, 0.4) is 0 Å². The number of urea groups is 1. The number of furan rings is 1. The maximum atomic E-state index is 12.3. The van der Waals surface area contributed by atoms with Gasteiger partial charge in [-0.25, -0.2) is 9.59 Å². The number of allylic oxidation sites excluding steroid dienone is 1. The normalized spacial score (nSPS) is 16.9. The van der Waals surface area contributed by atoms with Crippen molar-refractivity contribution in [1.82, 2.24) is 10.6 Å². The van der Waals surface area contributed by atoms with E-state index in [0.717, 1.165) is 0 Å². The molecular formula is C18H16Cl2N2O4. The van der Waals surface area contributed by atoms with Crippen molar-refractivity contribution >= 4 is 35.2 Å². The minimum absolute atomic E-state index is 0.222. The molecule has 1 unspecified atom stereocenters. The summed E-state index contributed by atoms with van der Waals surface area (Å²) < 4.78 is 11.0. The molecule has 136 valence electrons. The number of ether oxygens (including phenoxy) is 1. The Bertz CT molecular complexity index is 904. The third-order valence-electron chi connectivity index (χ3n) is 3.87. The minimum atomic E-state index is -0.761. The number of halogens is 2. The molecule has 0 saturated carbocycles. The van der Waals surface area contributed by atoms with Crippen LogP contribution in [0.2, 0.25) is 10.0 Å². The van der Waals surface area contributed by atoms with Crippen molar-refractivity contribution in [2.75, 3.05) is 6.61 Å². The summed E-state index contributed by atoms with van der Waals surface area (Å²) in [7, 11) is 0. The number of nitrogens with one attached hydrogen (secondary N) is 2. The summed E-state index contributed by atoms with van der Waals surface area (Å²) in [6.07, 6.45) is 0. The van der Waals surface area contributed by atoms with Gasteiger partial charge in [-0.3, -0.25) is 0 Å². The summed E-state index contributed by atoms with van der Waals surface area (Å²) in [5.41, 5.74) is 1.36. The number of amides is 2. The van der Waals surface area contributed by atoms with Crippen LogP contribution in [0.25, 0.3) is 11.3 Å². The van der Waals surface area contributed by atoms with Gasteiger partial charge < -0.3 is 19.8 Å². The zero-order valence-corrected chi connectivity index (χ0v) is 15.6. The quantitative estimate of drug-likeness (QED) is 0.750. The Kier molecular flexibility index (Phi) is 5.25. The molecule has 6 nitrogen and oxygen atoms in total. The van der Waals surface area contributed by atoms with E-state index >= 15 is 0 Å². The van der Waals surface area contributed by atoms with E-state index in [1.54, 1.807) is 44.2 Å². The number of carbonyl (C=O) groups is 2. The fraction of sp³-hybridized carbons (Fsp3) is 0.222. The van der Waals surface area contributed by atoms with E-state index in [9.17, 15) is 9.59 Å². The number of benzene rings is 1. The van der Waals surface area contributed by atoms with Crippen LogP contribution < -0.4 is 10.6 Å². The second-order valence-electron chi connectivity index (χ2n) is 5.62. The molecule has 0 aliphatic carbocycles. The molecule has 0 bridgehead atoms. The van der Waals surface area contributed by atoms with Crippen molar-refractivity contribution in [2.45, 2.75) is 19.9 Å². The molecule has 26 heavy (non-hydrogen) atoms. The fourth-order valence-corrected chi connectivity index (χ4v) is 3.23. The molecule has 1 aromatic heterocycles. The molecule has 0 spiro atoms. The second-order valence-corrected chi connectivity index (χ2v) is 6.46. The summed E-state index contributed by atoms with van der Waals surface area (Å²) in [5.74, 6) is 0.364. The first kappa shape index (κ1) is 18.4. The first-order valence-corrected chi connectivity index (χ1v) is 8.67. The molecule has 0 saturated heterocycles. The Morgan fingerprint density at radius 3 is 2.73 bits per heavy atom. The van der Waals surface area contributed by atoms with E-state index in [2.05, 4.69) is 10.6 Å². The molecule has 3 rings (SSSR count). The third-order valence-corrected chi connectivity index (χ3v) is 4.42. The Balaban J connectivity index is 1.99. The van der Waals surface area contributed by atoms with Gasteiger partial charge in [0.05, 0.1) is 17.2 Å². The Morgan fingerprint density at radius 2 is 2.04 bits per heavy atom. The summed E-state index contributed by atoms with van der Waals surface area (Å²) in [6, 6.07) is 7.26. The maximum absolute atomic E-state index is 12.3. The molecule has 2 N–H and O–H groups in total. The molecule has 8 heteroatoms. The van der Waals surface area contributed by atoms with Gasteiger partial charge in [-0.1, -0.05) is 23.2 Å². The van der Waals surface area contributed by atoms with Crippen molar-refractivity contribution in [1.29, 1.82) is 0 Å². The minimum Gasteiger partial charge on any atom is -0.463 e. The first-order chi connectivity index (χ1) is 12.4. The summed E-state index contributed by atoms with van der Waals surface area (Å²) in [6.45, 7) is 3.57. The summed E-state index contributed by atoms with van der Waals surface area (Å²) >= 11 is 12.1. The lowest BCUT2D eigenvalue weighted by Crippen LogP contribution is -2.45. The van der Waals surface area contributed by atoms with Gasteiger partial charge in [-0.2, -0.15) is 0 Å². The van der Waals surface area contributed by atoms with Gasteiger partial charge in [0.15, 0.2) is 0 Å². The standard InChI is InChI=1S/C18H16Cl2N2O4/c1-3-25-17(23)15-9(2)21-18(24)22-16(15)14-7-6-13(26-14)11-5-4-10(19)8-12(11)20/h4-8,16H,3H2,1-2H3,(H2,21,22,24). The Morgan fingerprint density at radius 1 is 1.27 bits per heavy atom. The average molecular weight is 395 g/mol. The smallest absolute Gasteiger partial charge is 0.338 e. The molecule has 0 radical (unpaired) electrons. The molecule has 2 heterocycles. The highest BCUT2D eigenvalue weighted by Gasteiger charge is 2.34. The van der Waals surface area contributed by atoms with Crippen LogP contribution in [-0.4, -0.2) is 18.6 Å². The van der Waals surface area contributed by atoms with Crippen molar-refractivity contribution in [3.8, 4) is 11.3 Å². The van der Waals surface area contributed by atoms with Crippen LogP contribution in [0.1, 0.15) is 25.6 Å². The predicted octanol–water partition coefficient (Wildman–Crippen LogP) is 4.44. The van der Waals surface area contributed by atoms with Crippen LogP contribution in [0, 0.1) is 0 Å². The van der Waals surface area contributed by atoms with Crippen molar-refractivity contribution in [3.05, 3.63) is 57.4 Å². The molecule has 1 aliphatic rings. The lowest BCUT2D eigenvalue weighted by molar-refractivity contribution is -0.139. The third kappa shape index (κ3) is 3.57. The number of carbonyl (C=O) groups excluding carboxylic acids is 2. The monoisotopic (exact) mass is 394 g/mol. The largest absolute Gasteiger partial charge is 0.463 e. The van der Waals surface area contributed by atoms with Crippen molar-refractivity contribution in [3.63, 3.8) is 0 Å². The van der Waals surface area contributed by atoms with Gasteiger partial charge in [-0.15, -0.1) is 0 Å². The molecule has 0 fully saturated rings. The van der Waals surface area contributed by atoms with Crippen LogP contribution in [0.4, 0.5) is 4.79 Å². The lowest BCUT2D eigenvalue weighted by Gasteiger charge is -2.26. The highest BCUT2D eigenvalue weighted by atomic mass is 35.5. The van der Waals surface area contributed by atoms with E-state index in [1.807, 2.05) is 0 Å². The van der Waals surface area contributed by atoms with Gasteiger partial charge in [0, 0.05) is 16.3 Å². The van der Waals surface area contributed by atoms with Crippen LogP contribution in [0.5, 0.6) is 0 Å². The van der Waals surface area contributed by atoms with Gasteiger partial charge in [0.1, 0.15) is 17.6 Å². The number of hydrogen-bond donors (Lipinski definition) is 2. The molecule has 1 atom stereocenters. The maximum Gasteiger partial charge on any atom is 0.338 e. The van der Waals surface area contributed by atoms with Crippen molar-refractivity contribution < 1.29 is 18.7 Å². The number of hydrogen-bond acceptors (Lipinski definition) is 4. The molecule has 1 aromatic carbocycles. The average Bonchev–Trinajstić information content (AvgIpc) is 3.03. The summed E-state index contributed by atoms with van der Waals surface area (Å²) in [4.78, 5) is 24.2. The fourth-order valence-electron chi connectivity index (χ4n) is 2.73.